The molecule has 4 aromatic rings. The Hall–Kier alpha value is -3.13. The van der Waals surface area contributed by atoms with Crippen LogP contribution in [0.25, 0.3) is 0 Å². The van der Waals surface area contributed by atoms with Gasteiger partial charge in [0.25, 0.3) is 10.0 Å². The van der Waals surface area contributed by atoms with E-state index in [0.29, 0.717) is 49.9 Å². The van der Waals surface area contributed by atoms with Crippen LogP contribution in [0.1, 0.15) is 34.1 Å². The number of methoxy groups -OCH3 is 2. The first-order valence-corrected chi connectivity index (χ1v) is 13.2. The zero-order valence-corrected chi connectivity index (χ0v) is 22.5. The predicted octanol–water partition coefficient (Wildman–Crippen LogP) is 7.20. The summed E-state index contributed by atoms with van der Waals surface area (Å²) in [6, 6.07) is 18.7. The van der Waals surface area contributed by atoms with Gasteiger partial charge in [0.05, 0.1) is 30.7 Å². The Morgan fingerprint density at radius 3 is 2.08 bits per heavy atom. The smallest absolute Gasteiger partial charge is 0.261 e. The molecule has 9 heteroatoms. The highest BCUT2D eigenvalue weighted by Crippen LogP contribution is 2.45. The summed E-state index contributed by atoms with van der Waals surface area (Å²) in [7, 11) is -0.939. The van der Waals surface area contributed by atoms with Gasteiger partial charge in [-0.1, -0.05) is 47.0 Å². The zero-order valence-electron chi connectivity index (χ0n) is 20.1. The molecule has 0 spiro atoms. The lowest BCUT2D eigenvalue weighted by atomic mass is 9.87. The van der Waals surface area contributed by atoms with Crippen molar-refractivity contribution in [3.05, 3.63) is 105 Å². The lowest BCUT2D eigenvalue weighted by molar-refractivity contribution is 0.354. The van der Waals surface area contributed by atoms with Crippen molar-refractivity contribution in [1.82, 2.24) is 0 Å². The minimum atomic E-state index is -3.94. The number of nitrogens with one attached hydrogen (secondary N) is 1. The third-order valence-corrected chi connectivity index (χ3v) is 7.71. The molecule has 0 saturated carbocycles. The third kappa shape index (κ3) is 5.33. The second kappa shape index (κ2) is 10.5. The standard InChI is InChI=1S/C27H25Cl2NO5S/c1-16-5-9-19(10-6-16)36(31,32)30-23-15-26(34-4)25(33-3)14-21(23)27(24-12-7-17(2)35-24)20-11-8-18(28)13-22(20)29/h5-15,27,30H,1-4H3/t27-/m0/s1. The van der Waals surface area contributed by atoms with E-state index in [1.807, 2.05) is 26.0 Å². The Labute approximate surface area is 220 Å². The molecule has 3 aromatic carbocycles. The van der Waals surface area contributed by atoms with Crippen LogP contribution in [0.15, 0.2) is 76.0 Å². The van der Waals surface area contributed by atoms with Crippen molar-refractivity contribution < 1.29 is 22.3 Å². The fourth-order valence-electron chi connectivity index (χ4n) is 3.96. The molecule has 0 aliphatic heterocycles. The molecule has 0 radical (unpaired) electrons. The van der Waals surface area contributed by atoms with Gasteiger partial charge in [-0.05, 0) is 67.4 Å². The molecule has 0 bridgehead atoms. The summed E-state index contributed by atoms with van der Waals surface area (Å²) in [4.78, 5) is 0.128. The number of sulfonamides is 1. The van der Waals surface area contributed by atoms with E-state index in [9.17, 15) is 8.42 Å². The lowest BCUT2D eigenvalue weighted by Gasteiger charge is -2.23. The molecule has 0 aliphatic carbocycles. The zero-order chi connectivity index (χ0) is 26.0. The number of hydrogen-bond acceptors (Lipinski definition) is 5. The molecule has 0 amide bonds. The van der Waals surface area contributed by atoms with Crippen LogP contribution in [0.3, 0.4) is 0 Å². The topological polar surface area (TPSA) is 77.8 Å². The van der Waals surface area contributed by atoms with Gasteiger partial charge in [0.1, 0.15) is 11.5 Å². The highest BCUT2D eigenvalue weighted by atomic mass is 35.5. The van der Waals surface area contributed by atoms with Gasteiger partial charge in [0.15, 0.2) is 11.5 Å². The van der Waals surface area contributed by atoms with Gasteiger partial charge in [0.2, 0.25) is 0 Å². The van der Waals surface area contributed by atoms with Crippen molar-refractivity contribution in [2.24, 2.45) is 0 Å². The molecule has 36 heavy (non-hydrogen) atoms. The first kappa shape index (κ1) is 25.9. The van der Waals surface area contributed by atoms with Gasteiger partial charge in [-0.2, -0.15) is 0 Å². The Morgan fingerprint density at radius 2 is 1.50 bits per heavy atom. The van der Waals surface area contributed by atoms with Crippen molar-refractivity contribution in [3.8, 4) is 11.5 Å². The van der Waals surface area contributed by atoms with Crippen LogP contribution in [-0.2, 0) is 10.0 Å². The number of halogens is 2. The van der Waals surface area contributed by atoms with Gasteiger partial charge >= 0.3 is 0 Å². The van der Waals surface area contributed by atoms with Crippen LogP contribution in [0.4, 0.5) is 5.69 Å². The minimum Gasteiger partial charge on any atom is -0.493 e. The second-order valence-electron chi connectivity index (χ2n) is 8.26. The van der Waals surface area contributed by atoms with Crippen molar-refractivity contribution >= 4 is 38.9 Å². The predicted molar refractivity (Wildman–Crippen MR) is 142 cm³/mol. The summed E-state index contributed by atoms with van der Waals surface area (Å²) in [6.07, 6.45) is 0. The van der Waals surface area contributed by atoms with E-state index in [2.05, 4.69) is 4.72 Å². The highest BCUT2D eigenvalue weighted by Gasteiger charge is 2.29. The van der Waals surface area contributed by atoms with Crippen LogP contribution >= 0.6 is 23.2 Å². The molecule has 4 rings (SSSR count). The molecule has 188 valence electrons. The van der Waals surface area contributed by atoms with Gasteiger partial charge < -0.3 is 13.9 Å². The Bertz CT molecular complexity index is 1500. The molecular weight excluding hydrogens is 521 g/mol. The number of benzene rings is 3. The Morgan fingerprint density at radius 1 is 0.833 bits per heavy atom. The van der Waals surface area contributed by atoms with E-state index in [4.69, 9.17) is 37.1 Å². The van der Waals surface area contributed by atoms with Crippen molar-refractivity contribution in [2.45, 2.75) is 24.7 Å². The monoisotopic (exact) mass is 545 g/mol. The van der Waals surface area contributed by atoms with E-state index in [0.717, 1.165) is 5.56 Å². The second-order valence-corrected chi connectivity index (χ2v) is 10.8. The average molecular weight is 546 g/mol. The van der Waals surface area contributed by atoms with Crippen molar-refractivity contribution in [2.75, 3.05) is 18.9 Å². The van der Waals surface area contributed by atoms with Crippen LogP contribution in [-0.4, -0.2) is 22.6 Å². The molecule has 1 heterocycles. The lowest BCUT2D eigenvalue weighted by Crippen LogP contribution is -2.16. The van der Waals surface area contributed by atoms with E-state index < -0.39 is 15.9 Å². The molecule has 1 N–H and O–H groups in total. The normalized spacial score (nSPS) is 12.3. The fourth-order valence-corrected chi connectivity index (χ4v) is 5.56. The number of aryl methyl sites for hydroxylation is 2. The number of furan rings is 1. The maximum atomic E-state index is 13.4. The summed E-state index contributed by atoms with van der Waals surface area (Å²) in [5.41, 5.74) is 2.48. The maximum absolute atomic E-state index is 13.4. The summed E-state index contributed by atoms with van der Waals surface area (Å²) >= 11 is 12.8. The summed E-state index contributed by atoms with van der Waals surface area (Å²) in [6.45, 7) is 3.72. The van der Waals surface area contributed by atoms with Gasteiger partial charge in [0, 0.05) is 16.1 Å². The number of ether oxygens (including phenoxy) is 2. The molecule has 1 aromatic heterocycles. The first-order chi connectivity index (χ1) is 17.1. The average Bonchev–Trinajstić information content (AvgIpc) is 3.26. The SMILES string of the molecule is COc1cc(NS(=O)(=O)c2ccc(C)cc2)c([C@@H](c2ccc(C)o2)c2ccc(Cl)cc2Cl)cc1OC. The Balaban J connectivity index is 1.96. The molecule has 0 unspecified atom stereocenters. The third-order valence-electron chi connectivity index (χ3n) is 5.76. The van der Waals surface area contributed by atoms with Crippen molar-refractivity contribution in [1.29, 1.82) is 0 Å². The molecule has 0 fully saturated rings. The van der Waals surface area contributed by atoms with E-state index >= 15 is 0 Å². The Kier molecular flexibility index (Phi) is 7.54. The van der Waals surface area contributed by atoms with E-state index in [-0.39, 0.29) is 4.90 Å². The molecule has 6 nitrogen and oxygen atoms in total. The van der Waals surface area contributed by atoms with Crippen molar-refractivity contribution in [3.63, 3.8) is 0 Å². The quantitative estimate of drug-likeness (QED) is 0.253. The van der Waals surface area contributed by atoms with Crippen LogP contribution in [0.5, 0.6) is 11.5 Å². The summed E-state index contributed by atoms with van der Waals surface area (Å²) in [5, 5.41) is 0.884. The summed E-state index contributed by atoms with van der Waals surface area (Å²) < 4.78 is 46.5. The van der Waals surface area contributed by atoms with E-state index in [1.165, 1.54) is 14.2 Å². The number of rotatable bonds is 8. The summed E-state index contributed by atoms with van der Waals surface area (Å²) in [5.74, 6) is 1.46. The number of anilines is 1. The van der Waals surface area contributed by atoms with E-state index in [1.54, 1.807) is 54.6 Å². The largest absolute Gasteiger partial charge is 0.493 e. The van der Waals surface area contributed by atoms with Crippen LogP contribution < -0.4 is 14.2 Å². The fraction of sp³-hybridized carbons (Fsp3) is 0.185. The van der Waals surface area contributed by atoms with Gasteiger partial charge in [-0.15, -0.1) is 0 Å². The highest BCUT2D eigenvalue weighted by molar-refractivity contribution is 7.92. The molecule has 1 atom stereocenters. The minimum absolute atomic E-state index is 0.128. The maximum Gasteiger partial charge on any atom is 0.261 e. The van der Waals surface area contributed by atoms with Crippen LogP contribution in [0, 0.1) is 13.8 Å². The van der Waals surface area contributed by atoms with Crippen LogP contribution in [0.2, 0.25) is 10.0 Å². The molecular formula is C27H25Cl2NO5S. The van der Waals surface area contributed by atoms with Gasteiger partial charge in [-0.3, -0.25) is 4.72 Å². The number of hydrogen-bond donors (Lipinski definition) is 1. The first-order valence-electron chi connectivity index (χ1n) is 11.0. The molecule has 0 aliphatic rings. The van der Waals surface area contributed by atoms with Gasteiger partial charge in [-0.25, -0.2) is 8.42 Å². The molecule has 0 saturated heterocycles.